The topological polar surface area (TPSA) is 131 Å². The Labute approximate surface area is 135 Å². The SMILES string of the molecule is CNc1nc(N)nc2c1ncn2[C@@H]1O[C@@](CO)(CCl)[C@@H](O)[C@@H]1F. The summed E-state index contributed by atoms with van der Waals surface area (Å²) in [6.07, 6.45) is -3.35. The van der Waals surface area contributed by atoms with E-state index in [2.05, 4.69) is 20.3 Å². The van der Waals surface area contributed by atoms with Gasteiger partial charge in [-0.15, -0.1) is 11.6 Å². The molecular formula is C12H16ClFN6O3. The molecule has 11 heteroatoms. The average molecular weight is 347 g/mol. The molecule has 1 saturated heterocycles. The van der Waals surface area contributed by atoms with E-state index in [9.17, 15) is 14.6 Å². The maximum absolute atomic E-state index is 14.5. The highest BCUT2D eigenvalue weighted by Crippen LogP contribution is 2.41. The minimum absolute atomic E-state index is 0.0247. The second-order valence-electron chi connectivity index (χ2n) is 5.26. The highest BCUT2D eigenvalue weighted by atomic mass is 35.5. The van der Waals surface area contributed by atoms with E-state index in [0.29, 0.717) is 11.3 Å². The highest BCUT2D eigenvalue weighted by Gasteiger charge is 2.55. The quantitative estimate of drug-likeness (QED) is 0.552. The summed E-state index contributed by atoms with van der Waals surface area (Å²) in [7, 11) is 1.64. The number of alkyl halides is 2. The van der Waals surface area contributed by atoms with Crippen LogP contribution in [0.2, 0.25) is 0 Å². The van der Waals surface area contributed by atoms with Crippen LogP contribution in [-0.4, -0.2) is 67.1 Å². The van der Waals surface area contributed by atoms with Crippen LogP contribution in [0, 0.1) is 0 Å². The van der Waals surface area contributed by atoms with Crippen LogP contribution in [0.1, 0.15) is 6.23 Å². The standard InChI is InChI=1S/C12H16ClFN6O3/c1-16-8-6-9(19-11(15)18-8)20(4-17-6)10-5(14)7(22)12(2-13,3-21)23-10/h4-5,7,10,21-22H,2-3H2,1H3,(H3,15,16,18,19)/t5-,7-,10+,12+/m0/s1. The van der Waals surface area contributed by atoms with Crippen molar-refractivity contribution in [3.63, 3.8) is 0 Å². The number of ether oxygens (including phenoxy) is 1. The first-order chi connectivity index (χ1) is 11.0. The fraction of sp³-hybridized carbons (Fsp3) is 0.583. The monoisotopic (exact) mass is 346 g/mol. The minimum Gasteiger partial charge on any atom is -0.393 e. The lowest BCUT2D eigenvalue weighted by molar-refractivity contribution is -0.113. The number of nitrogens with zero attached hydrogens (tertiary/aromatic N) is 4. The summed E-state index contributed by atoms with van der Waals surface area (Å²) in [5.41, 5.74) is 4.67. The molecule has 126 valence electrons. The second-order valence-corrected chi connectivity index (χ2v) is 5.53. The van der Waals surface area contributed by atoms with Crippen LogP contribution in [-0.2, 0) is 4.74 Å². The fourth-order valence-corrected chi connectivity index (χ4v) is 2.91. The van der Waals surface area contributed by atoms with Crippen LogP contribution in [0.15, 0.2) is 6.33 Å². The van der Waals surface area contributed by atoms with Crippen LogP contribution < -0.4 is 11.1 Å². The van der Waals surface area contributed by atoms with Gasteiger partial charge < -0.3 is 26.0 Å². The van der Waals surface area contributed by atoms with Gasteiger partial charge in [-0.05, 0) is 0 Å². The number of fused-ring (bicyclic) bond motifs is 1. The zero-order valence-corrected chi connectivity index (χ0v) is 12.9. The third kappa shape index (κ3) is 2.29. The molecule has 0 amide bonds. The summed E-state index contributed by atoms with van der Waals surface area (Å²) in [5, 5.41) is 22.3. The van der Waals surface area contributed by atoms with Gasteiger partial charge in [0.15, 0.2) is 29.4 Å². The summed E-state index contributed by atoms with van der Waals surface area (Å²) in [6, 6.07) is 0. The number of hydrogen-bond donors (Lipinski definition) is 4. The van der Waals surface area contributed by atoms with Gasteiger partial charge in [0, 0.05) is 7.05 Å². The van der Waals surface area contributed by atoms with Crippen molar-refractivity contribution in [2.45, 2.75) is 24.1 Å². The molecule has 1 aliphatic rings. The maximum atomic E-state index is 14.5. The van der Waals surface area contributed by atoms with Crippen molar-refractivity contribution in [2.75, 3.05) is 30.6 Å². The lowest BCUT2D eigenvalue weighted by Crippen LogP contribution is -2.47. The van der Waals surface area contributed by atoms with Crippen LogP contribution in [0.25, 0.3) is 11.2 Å². The molecule has 0 aromatic carbocycles. The second kappa shape index (κ2) is 5.71. The number of imidazole rings is 1. The molecule has 1 fully saturated rings. The Balaban J connectivity index is 2.09. The average Bonchev–Trinajstić information content (AvgIpc) is 3.07. The molecule has 0 radical (unpaired) electrons. The van der Waals surface area contributed by atoms with Gasteiger partial charge in [-0.25, -0.2) is 9.37 Å². The molecule has 0 aliphatic carbocycles. The Morgan fingerprint density at radius 3 is 2.87 bits per heavy atom. The van der Waals surface area contributed by atoms with E-state index in [0.717, 1.165) is 0 Å². The number of nitrogen functional groups attached to an aromatic ring is 1. The molecular weight excluding hydrogens is 331 g/mol. The predicted octanol–water partition coefficient (Wildman–Crippen LogP) is -0.352. The highest BCUT2D eigenvalue weighted by molar-refractivity contribution is 6.18. The van der Waals surface area contributed by atoms with Crippen molar-refractivity contribution in [1.82, 2.24) is 19.5 Å². The van der Waals surface area contributed by atoms with Crippen molar-refractivity contribution >= 4 is 34.5 Å². The van der Waals surface area contributed by atoms with Gasteiger partial charge in [0.05, 0.1) is 18.8 Å². The summed E-state index contributed by atoms with van der Waals surface area (Å²) < 4.78 is 21.4. The normalized spacial score (nSPS) is 30.9. The minimum atomic E-state index is -1.83. The molecule has 0 spiro atoms. The summed E-state index contributed by atoms with van der Waals surface area (Å²) in [6.45, 7) is -0.625. The van der Waals surface area contributed by atoms with Crippen molar-refractivity contribution in [1.29, 1.82) is 0 Å². The summed E-state index contributed by atoms with van der Waals surface area (Å²) in [4.78, 5) is 12.2. The summed E-state index contributed by atoms with van der Waals surface area (Å²) in [5.74, 6) is 0.0851. The molecule has 3 rings (SSSR count). The molecule has 2 aromatic rings. The van der Waals surface area contributed by atoms with Gasteiger partial charge >= 0.3 is 0 Å². The van der Waals surface area contributed by atoms with Gasteiger partial charge in [-0.2, -0.15) is 9.97 Å². The number of aromatic nitrogens is 4. The molecule has 4 atom stereocenters. The van der Waals surface area contributed by atoms with E-state index in [1.165, 1.54) is 10.9 Å². The first-order valence-corrected chi connectivity index (χ1v) is 7.35. The number of nitrogens with two attached hydrogens (primary N) is 1. The molecule has 2 aromatic heterocycles. The van der Waals surface area contributed by atoms with Crippen molar-refractivity contribution < 1.29 is 19.3 Å². The number of halogens is 2. The molecule has 23 heavy (non-hydrogen) atoms. The van der Waals surface area contributed by atoms with E-state index in [1.807, 2.05) is 0 Å². The molecule has 1 aliphatic heterocycles. The number of aliphatic hydroxyl groups excluding tert-OH is 2. The first-order valence-electron chi connectivity index (χ1n) is 6.82. The fourth-order valence-electron chi connectivity index (χ4n) is 2.61. The predicted molar refractivity (Wildman–Crippen MR) is 80.8 cm³/mol. The smallest absolute Gasteiger partial charge is 0.224 e. The van der Waals surface area contributed by atoms with Gasteiger partial charge in [-0.1, -0.05) is 0 Å². The zero-order chi connectivity index (χ0) is 16.8. The Bertz CT molecular complexity index is 724. The molecule has 9 nitrogen and oxygen atoms in total. The molecule has 0 bridgehead atoms. The maximum Gasteiger partial charge on any atom is 0.224 e. The van der Waals surface area contributed by atoms with Crippen LogP contribution in [0.4, 0.5) is 16.2 Å². The molecule has 0 unspecified atom stereocenters. The zero-order valence-electron chi connectivity index (χ0n) is 12.1. The van der Waals surface area contributed by atoms with E-state index in [-0.39, 0.29) is 17.5 Å². The number of hydrogen-bond acceptors (Lipinski definition) is 8. The largest absolute Gasteiger partial charge is 0.393 e. The number of anilines is 2. The van der Waals surface area contributed by atoms with E-state index in [4.69, 9.17) is 22.1 Å². The van der Waals surface area contributed by atoms with Crippen molar-refractivity contribution in [2.24, 2.45) is 0 Å². The summed E-state index contributed by atoms with van der Waals surface area (Å²) >= 11 is 5.75. The van der Waals surface area contributed by atoms with Gasteiger partial charge in [0.1, 0.15) is 11.7 Å². The van der Waals surface area contributed by atoms with Crippen LogP contribution in [0.5, 0.6) is 0 Å². The lowest BCUT2D eigenvalue weighted by atomic mass is 9.99. The van der Waals surface area contributed by atoms with Crippen molar-refractivity contribution in [3.8, 4) is 0 Å². The molecule has 0 saturated carbocycles. The number of rotatable bonds is 4. The van der Waals surface area contributed by atoms with Crippen LogP contribution in [0.3, 0.4) is 0 Å². The van der Waals surface area contributed by atoms with E-state index in [1.54, 1.807) is 7.05 Å². The van der Waals surface area contributed by atoms with Gasteiger partial charge in [-0.3, -0.25) is 4.57 Å². The Hall–Kier alpha value is -1.75. The first kappa shape index (κ1) is 16.1. The molecule has 5 N–H and O–H groups in total. The van der Waals surface area contributed by atoms with Gasteiger partial charge in [0.2, 0.25) is 5.95 Å². The number of aliphatic hydroxyl groups is 2. The molecule has 3 heterocycles. The van der Waals surface area contributed by atoms with E-state index < -0.39 is 30.7 Å². The Kier molecular flexibility index (Phi) is 4.00. The Morgan fingerprint density at radius 1 is 1.57 bits per heavy atom. The van der Waals surface area contributed by atoms with E-state index >= 15 is 0 Å². The Morgan fingerprint density at radius 2 is 2.30 bits per heavy atom. The third-order valence-electron chi connectivity index (χ3n) is 3.91. The van der Waals surface area contributed by atoms with Crippen LogP contribution >= 0.6 is 11.6 Å². The third-order valence-corrected chi connectivity index (χ3v) is 4.36. The lowest BCUT2D eigenvalue weighted by Gasteiger charge is -2.26. The van der Waals surface area contributed by atoms with Crippen molar-refractivity contribution in [3.05, 3.63) is 6.33 Å². The number of nitrogens with one attached hydrogen (secondary N) is 1. The van der Waals surface area contributed by atoms with Gasteiger partial charge in [0.25, 0.3) is 0 Å².